The summed E-state index contributed by atoms with van der Waals surface area (Å²) in [6, 6.07) is 0.00222. The first-order valence-electron chi connectivity index (χ1n) is 8.82. The molecule has 1 atom stereocenters. The highest BCUT2D eigenvalue weighted by Crippen LogP contribution is 2.24. The van der Waals surface area contributed by atoms with E-state index >= 15 is 0 Å². The summed E-state index contributed by atoms with van der Waals surface area (Å²) in [7, 11) is -1.63. The van der Waals surface area contributed by atoms with Crippen LogP contribution in [0, 0.1) is 11.8 Å². The minimum Gasteiger partial charge on any atom is -0.341 e. The van der Waals surface area contributed by atoms with Gasteiger partial charge < -0.3 is 10.2 Å². The Morgan fingerprint density at radius 3 is 2.46 bits per heavy atom. The Morgan fingerprint density at radius 1 is 1.17 bits per heavy atom. The van der Waals surface area contributed by atoms with Crippen molar-refractivity contribution in [3.05, 3.63) is 0 Å². The molecule has 24 heavy (non-hydrogen) atoms. The molecule has 0 radical (unpaired) electrons. The second kappa shape index (κ2) is 9.94. The van der Waals surface area contributed by atoms with Gasteiger partial charge in [-0.25, -0.2) is 13.1 Å². The number of rotatable bonds is 6. The zero-order chi connectivity index (χ0) is 16.9. The molecule has 1 saturated carbocycles. The van der Waals surface area contributed by atoms with Gasteiger partial charge in [-0.2, -0.15) is 0 Å². The Labute approximate surface area is 152 Å². The normalized spacial score (nSPS) is 28.2. The first-order valence-corrected chi connectivity index (χ1v) is 10.5. The van der Waals surface area contributed by atoms with E-state index in [1.807, 2.05) is 7.05 Å². The van der Waals surface area contributed by atoms with E-state index in [0.717, 1.165) is 45.1 Å². The minimum absolute atomic E-state index is 0. The van der Waals surface area contributed by atoms with Crippen molar-refractivity contribution in [2.24, 2.45) is 11.8 Å². The van der Waals surface area contributed by atoms with Gasteiger partial charge in [0.1, 0.15) is 5.75 Å². The van der Waals surface area contributed by atoms with Crippen molar-refractivity contribution in [1.82, 2.24) is 14.9 Å². The first kappa shape index (κ1) is 21.7. The summed E-state index contributed by atoms with van der Waals surface area (Å²) >= 11 is 0. The zero-order valence-corrected chi connectivity index (χ0v) is 16.4. The van der Waals surface area contributed by atoms with Crippen LogP contribution in [0.4, 0.5) is 0 Å². The second-order valence-electron chi connectivity index (χ2n) is 7.24. The Bertz CT molecular complexity index is 491. The van der Waals surface area contributed by atoms with Crippen molar-refractivity contribution in [2.75, 3.05) is 32.4 Å². The topological polar surface area (TPSA) is 78.5 Å². The van der Waals surface area contributed by atoms with E-state index in [1.54, 1.807) is 4.90 Å². The lowest BCUT2D eigenvalue weighted by Crippen LogP contribution is -2.47. The average Bonchev–Trinajstić information content (AvgIpc) is 2.49. The summed E-state index contributed by atoms with van der Waals surface area (Å²) in [4.78, 5) is 14.1. The van der Waals surface area contributed by atoms with E-state index in [9.17, 15) is 13.2 Å². The van der Waals surface area contributed by atoms with Gasteiger partial charge in [-0.15, -0.1) is 12.4 Å². The third-order valence-electron chi connectivity index (χ3n) is 5.04. The van der Waals surface area contributed by atoms with Crippen molar-refractivity contribution >= 4 is 28.3 Å². The number of amides is 1. The number of nitrogens with zero attached hydrogens (tertiary/aromatic N) is 1. The maximum absolute atomic E-state index is 12.3. The van der Waals surface area contributed by atoms with E-state index in [-0.39, 0.29) is 24.4 Å². The number of nitrogens with one attached hydrogen (secondary N) is 2. The van der Waals surface area contributed by atoms with E-state index in [1.165, 1.54) is 0 Å². The van der Waals surface area contributed by atoms with E-state index in [0.29, 0.717) is 24.9 Å². The largest absolute Gasteiger partial charge is 0.341 e. The van der Waals surface area contributed by atoms with Crippen LogP contribution in [0.2, 0.25) is 0 Å². The van der Waals surface area contributed by atoms with Crippen LogP contribution < -0.4 is 10.0 Å². The highest BCUT2D eigenvalue weighted by molar-refractivity contribution is 7.90. The zero-order valence-electron chi connectivity index (χ0n) is 14.8. The molecule has 1 unspecified atom stereocenters. The van der Waals surface area contributed by atoms with Gasteiger partial charge in [-0.05, 0) is 64.0 Å². The molecule has 1 heterocycles. The molecule has 6 nitrogen and oxygen atoms in total. The summed E-state index contributed by atoms with van der Waals surface area (Å²) in [5.41, 5.74) is 0. The van der Waals surface area contributed by atoms with Crippen LogP contribution >= 0.6 is 12.4 Å². The number of likely N-dealkylation sites (tertiary alicyclic amines) is 1. The molecule has 0 aromatic heterocycles. The predicted molar refractivity (Wildman–Crippen MR) is 98.8 cm³/mol. The number of sulfonamides is 1. The van der Waals surface area contributed by atoms with E-state index < -0.39 is 15.8 Å². The van der Waals surface area contributed by atoms with Crippen molar-refractivity contribution < 1.29 is 13.2 Å². The molecular weight excluding hydrogens is 350 g/mol. The van der Waals surface area contributed by atoms with Gasteiger partial charge in [0.2, 0.25) is 15.9 Å². The average molecular weight is 382 g/mol. The highest BCUT2D eigenvalue weighted by atomic mass is 35.5. The van der Waals surface area contributed by atoms with E-state index in [2.05, 4.69) is 17.0 Å². The molecule has 1 amide bonds. The molecule has 1 aliphatic carbocycles. The molecule has 0 spiro atoms. The molecule has 1 saturated heterocycles. The molecule has 2 fully saturated rings. The van der Waals surface area contributed by atoms with Crippen molar-refractivity contribution in [3.63, 3.8) is 0 Å². The van der Waals surface area contributed by atoms with Crippen LogP contribution in [-0.4, -0.2) is 57.7 Å². The third-order valence-corrected chi connectivity index (χ3v) is 6.36. The lowest BCUT2D eigenvalue weighted by Gasteiger charge is -2.33. The highest BCUT2D eigenvalue weighted by Gasteiger charge is 2.29. The molecule has 0 bridgehead atoms. The van der Waals surface area contributed by atoms with Crippen LogP contribution in [0.15, 0.2) is 0 Å². The molecular formula is C16H32ClN3O3S. The molecule has 2 N–H and O–H groups in total. The first-order chi connectivity index (χ1) is 10.9. The Morgan fingerprint density at radius 2 is 1.83 bits per heavy atom. The van der Waals surface area contributed by atoms with Gasteiger partial charge in [0, 0.05) is 19.1 Å². The van der Waals surface area contributed by atoms with Crippen LogP contribution in [0.1, 0.15) is 45.4 Å². The summed E-state index contributed by atoms with van der Waals surface area (Å²) < 4.78 is 27.3. The van der Waals surface area contributed by atoms with Gasteiger partial charge in [-0.3, -0.25) is 4.79 Å². The predicted octanol–water partition coefficient (Wildman–Crippen LogP) is 1.36. The lowest BCUT2D eigenvalue weighted by molar-refractivity contribution is -0.130. The molecule has 2 aliphatic rings. The number of carbonyl (C=O) groups is 1. The third kappa shape index (κ3) is 6.86. The van der Waals surface area contributed by atoms with Crippen molar-refractivity contribution in [3.8, 4) is 0 Å². The fourth-order valence-corrected chi connectivity index (χ4v) is 5.01. The Hall–Kier alpha value is -0.370. The summed E-state index contributed by atoms with van der Waals surface area (Å²) in [5, 5.41) is 3.13. The van der Waals surface area contributed by atoms with Crippen LogP contribution in [0.3, 0.4) is 0 Å². The lowest BCUT2D eigenvalue weighted by atomic mass is 9.88. The van der Waals surface area contributed by atoms with Crippen LogP contribution in [0.5, 0.6) is 0 Å². The fraction of sp³-hybridized carbons (Fsp3) is 0.938. The molecule has 142 valence electrons. The van der Waals surface area contributed by atoms with Crippen molar-refractivity contribution in [2.45, 2.75) is 51.5 Å². The molecule has 0 aromatic carbocycles. The number of halogens is 1. The summed E-state index contributed by atoms with van der Waals surface area (Å²) in [5.74, 6) is 0.427. The van der Waals surface area contributed by atoms with Gasteiger partial charge in [0.05, 0.1) is 0 Å². The van der Waals surface area contributed by atoms with Crippen molar-refractivity contribution in [1.29, 1.82) is 0 Å². The molecule has 1 aliphatic heterocycles. The second-order valence-corrected chi connectivity index (χ2v) is 8.99. The van der Waals surface area contributed by atoms with Crippen LogP contribution in [-0.2, 0) is 14.8 Å². The minimum atomic E-state index is -3.53. The Kier molecular flexibility index (Phi) is 8.98. The van der Waals surface area contributed by atoms with Gasteiger partial charge >= 0.3 is 0 Å². The number of hydrogen-bond acceptors (Lipinski definition) is 4. The van der Waals surface area contributed by atoms with Gasteiger partial charge in [-0.1, -0.05) is 6.92 Å². The molecule has 8 heteroatoms. The van der Waals surface area contributed by atoms with Gasteiger partial charge in [0.15, 0.2) is 0 Å². The monoisotopic (exact) mass is 381 g/mol. The maximum Gasteiger partial charge on any atom is 0.239 e. The smallest absolute Gasteiger partial charge is 0.239 e. The van der Waals surface area contributed by atoms with E-state index in [4.69, 9.17) is 0 Å². The Balaban J connectivity index is 0.00000288. The summed E-state index contributed by atoms with van der Waals surface area (Å²) in [6.07, 6.45) is 5.91. The molecule has 0 aromatic rings. The number of hydrogen-bond donors (Lipinski definition) is 2. The summed E-state index contributed by atoms with van der Waals surface area (Å²) in [6.45, 7) is 4.41. The quantitative estimate of drug-likeness (QED) is 0.728. The molecule has 2 rings (SSSR count). The number of piperidine rings is 1. The standard InChI is InChI=1S/C16H31N3O3S.ClH/c1-13-5-7-15(8-6-13)18-23(21,22)12-16(20)19-9-3-4-14(11-19)10-17-2;/h13-15,17-18H,3-12H2,1-2H3;1H. The van der Waals surface area contributed by atoms with Gasteiger partial charge in [0.25, 0.3) is 0 Å². The van der Waals surface area contributed by atoms with Crippen LogP contribution in [0.25, 0.3) is 0 Å². The SMILES string of the molecule is CNCC1CCCN(C(=O)CS(=O)(=O)NC2CCC(C)CC2)C1.Cl. The number of carbonyl (C=O) groups excluding carboxylic acids is 1. The maximum atomic E-state index is 12.3. The fourth-order valence-electron chi connectivity index (χ4n) is 3.67.